The molecule has 0 amide bonds. The first-order valence-electron chi connectivity index (χ1n) is 4.06. The Morgan fingerprint density at radius 1 is 1.33 bits per heavy atom. The maximum Gasteiger partial charge on any atom is 0.250 e. The van der Waals surface area contributed by atoms with E-state index >= 15 is 0 Å². The van der Waals surface area contributed by atoms with Crippen molar-refractivity contribution in [3.05, 3.63) is 34.7 Å². The van der Waals surface area contributed by atoms with Gasteiger partial charge < -0.3 is 4.57 Å². The second-order valence-electron chi connectivity index (χ2n) is 2.63. The van der Waals surface area contributed by atoms with E-state index in [1.54, 1.807) is 22.9 Å². The summed E-state index contributed by atoms with van der Waals surface area (Å²) in [6.45, 7) is 0.770. The SMILES string of the molecule is O=c1ccccn1CCCCCl. The van der Waals surface area contributed by atoms with Crippen molar-refractivity contribution in [3.8, 4) is 0 Å². The molecule has 0 bridgehead atoms. The lowest BCUT2D eigenvalue weighted by molar-refractivity contribution is 0.615. The Morgan fingerprint density at radius 3 is 2.83 bits per heavy atom. The van der Waals surface area contributed by atoms with Gasteiger partial charge in [-0.1, -0.05) is 6.07 Å². The zero-order chi connectivity index (χ0) is 8.81. The molecule has 0 aliphatic carbocycles. The number of pyridine rings is 1. The fourth-order valence-corrected chi connectivity index (χ4v) is 1.21. The van der Waals surface area contributed by atoms with Gasteiger partial charge in [0.1, 0.15) is 0 Å². The van der Waals surface area contributed by atoms with Gasteiger partial charge in [0.2, 0.25) is 5.56 Å². The minimum Gasteiger partial charge on any atom is -0.316 e. The van der Waals surface area contributed by atoms with Crippen molar-refractivity contribution in [1.82, 2.24) is 4.57 Å². The molecular formula is C9H12ClNO. The normalized spacial score (nSPS) is 10.1. The highest BCUT2D eigenvalue weighted by atomic mass is 35.5. The van der Waals surface area contributed by atoms with Crippen LogP contribution in [0.3, 0.4) is 0 Å². The third kappa shape index (κ3) is 2.70. The summed E-state index contributed by atoms with van der Waals surface area (Å²) in [6.07, 6.45) is 3.73. The molecule has 0 saturated heterocycles. The van der Waals surface area contributed by atoms with Crippen molar-refractivity contribution < 1.29 is 0 Å². The summed E-state index contributed by atoms with van der Waals surface area (Å²) in [5.41, 5.74) is 0.0621. The molecule has 0 radical (unpaired) electrons. The first-order chi connectivity index (χ1) is 5.84. The standard InChI is InChI=1S/C9H12ClNO/c10-6-2-4-8-11-7-3-1-5-9(11)12/h1,3,5,7H,2,4,6,8H2. The number of rotatable bonds is 4. The number of unbranched alkanes of at least 4 members (excludes halogenated alkanes) is 1. The van der Waals surface area contributed by atoms with Crippen LogP contribution in [0.4, 0.5) is 0 Å². The van der Waals surface area contributed by atoms with Crippen molar-refractivity contribution >= 4 is 11.6 Å². The molecule has 0 spiro atoms. The number of aromatic nitrogens is 1. The van der Waals surface area contributed by atoms with E-state index in [2.05, 4.69) is 0 Å². The monoisotopic (exact) mass is 185 g/mol. The molecule has 66 valence electrons. The third-order valence-corrected chi connectivity index (χ3v) is 1.95. The van der Waals surface area contributed by atoms with Gasteiger partial charge in [0, 0.05) is 24.7 Å². The van der Waals surface area contributed by atoms with Crippen LogP contribution in [0.2, 0.25) is 0 Å². The highest BCUT2D eigenvalue weighted by Gasteiger charge is 1.92. The predicted octanol–water partition coefficient (Wildman–Crippen LogP) is 1.87. The maximum atomic E-state index is 11.1. The van der Waals surface area contributed by atoms with Crippen molar-refractivity contribution in [3.63, 3.8) is 0 Å². The van der Waals surface area contributed by atoms with Gasteiger partial charge in [-0.3, -0.25) is 4.79 Å². The Kier molecular flexibility index (Phi) is 3.88. The lowest BCUT2D eigenvalue weighted by atomic mass is 10.3. The molecule has 0 fully saturated rings. The van der Waals surface area contributed by atoms with Gasteiger partial charge in [0.05, 0.1) is 0 Å². The van der Waals surface area contributed by atoms with Crippen LogP contribution in [0.25, 0.3) is 0 Å². The summed E-state index contributed by atoms with van der Waals surface area (Å²) in [6, 6.07) is 5.18. The van der Waals surface area contributed by atoms with E-state index < -0.39 is 0 Å². The molecule has 12 heavy (non-hydrogen) atoms. The molecule has 0 aromatic carbocycles. The zero-order valence-corrected chi connectivity index (χ0v) is 7.63. The maximum absolute atomic E-state index is 11.1. The van der Waals surface area contributed by atoms with Crippen molar-refractivity contribution in [2.45, 2.75) is 19.4 Å². The number of alkyl halides is 1. The van der Waals surface area contributed by atoms with Crippen LogP contribution in [0.5, 0.6) is 0 Å². The van der Waals surface area contributed by atoms with Gasteiger partial charge in [-0.25, -0.2) is 0 Å². The Hall–Kier alpha value is -0.760. The van der Waals surface area contributed by atoms with Gasteiger partial charge in [0.25, 0.3) is 0 Å². The lowest BCUT2D eigenvalue weighted by Crippen LogP contribution is -2.17. The molecule has 0 atom stereocenters. The Morgan fingerprint density at radius 2 is 2.17 bits per heavy atom. The number of hydrogen-bond acceptors (Lipinski definition) is 1. The first-order valence-corrected chi connectivity index (χ1v) is 4.59. The third-order valence-electron chi connectivity index (χ3n) is 1.68. The summed E-state index contributed by atoms with van der Waals surface area (Å²) >= 11 is 5.52. The second kappa shape index (κ2) is 4.99. The van der Waals surface area contributed by atoms with Crippen molar-refractivity contribution in [1.29, 1.82) is 0 Å². The highest BCUT2D eigenvalue weighted by molar-refractivity contribution is 6.17. The summed E-state index contributed by atoms with van der Waals surface area (Å²) in [5, 5.41) is 0. The molecular weight excluding hydrogens is 174 g/mol. The van der Waals surface area contributed by atoms with Gasteiger partial charge >= 0.3 is 0 Å². The van der Waals surface area contributed by atoms with Crippen LogP contribution in [0.1, 0.15) is 12.8 Å². The highest BCUT2D eigenvalue weighted by Crippen LogP contribution is 1.94. The van der Waals surface area contributed by atoms with Gasteiger partial charge in [-0.2, -0.15) is 0 Å². The van der Waals surface area contributed by atoms with Gasteiger partial charge in [-0.15, -0.1) is 11.6 Å². The van der Waals surface area contributed by atoms with E-state index in [1.807, 2.05) is 6.07 Å². The average Bonchev–Trinajstić information content (AvgIpc) is 2.09. The fraction of sp³-hybridized carbons (Fsp3) is 0.444. The Balaban J connectivity index is 2.52. The molecule has 1 rings (SSSR count). The van der Waals surface area contributed by atoms with E-state index in [0.717, 1.165) is 19.4 Å². The minimum absolute atomic E-state index is 0.0621. The van der Waals surface area contributed by atoms with Crippen molar-refractivity contribution in [2.24, 2.45) is 0 Å². The van der Waals surface area contributed by atoms with E-state index in [-0.39, 0.29) is 5.56 Å². The molecule has 1 aromatic heterocycles. The van der Waals surface area contributed by atoms with Crippen LogP contribution in [0.15, 0.2) is 29.2 Å². The second-order valence-corrected chi connectivity index (χ2v) is 3.01. The van der Waals surface area contributed by atoms with Crippen molar-refractivity contribution in [2.75, 3.05) is 5.88 Å². The van der Waals surface area contributed by atoms with E-state index in [0.29, 0.717) is 5.88 Å². The van der Waals surface area contributed by atoms with E-state index in [9.17, 15) is 4.79 Å². The summed E-state index contributed by atoms with van der Waals surface area (Å²) in [4.78, 5) is 11.1. The van der Waals surface area contributed by atoms with Crippen LogP contribution in [-0.2, 0) is 6.54 Å². The number of nitrogens with zero attached hydrogens (tertiary/aromatic N) is 1. The van der Waals surface area contributed by atoms with E-state index in [1.165, 1.54) is 0 Å². The molecule has 0 saturated carbocycles. The van der Waals surface area contributed by atoms with Gasteiger partial charge in [-0.05, 0) is 18.9 Å². The molecule has 0 N–H and O–H groups in total. The number of aryl methyl sites for hydroxylation is 1. The summed E-state index contributed by atoms with van der Waals surface area (Å²) in [7, 11) is 0. The van der Waals surface area contributed by atoms with E-state index in [4.69, 9.17) is 11.6 Å². The average molecular weight is 186 g/mol. The Bertz CT molecular complexity index is 282. The number of hydrogen-bond donors (Lipinski definition) is 0. The van der Waals surface area contributed by atoms with Gasteiger partial charge in [0.15, 0.2) is 0 Å². The molecule has 0 aliphatic heterocycles. The smallest absolute Gasteiger partial charge is 0.250 e. The summed E-state index contributed by atoms with van der Waals surface area (Å²) < 4.78 is 1.70. The van der Waals surface area contributed by atoms with Crippen LogP contribution >= 0.6 is 11.6 Å². The van der Waals surface area contributed by atoms with Crippen LogP contribution in [0, 0.1) is 0 Å². The molecule has 2 nitrogen and oxygen atoms in total. The quantitative estimate of drug-likeness (QED) is 0.519. The topological polar surface area (TPSA) is 22.0 Å². The largest absolute Gasteiger partial charge is 0.316 e. The molecule has 1 heterocycles. The first kappa shape index (κ1) is 9.33. The Labute approximate surface area is 76.8 Å². The fourth-order valence-electron chi connectivity index (χ4n) is 1.02. The molecule has 3 heteroatoms. The predicted molar refractivity (Wildman–Crippen MR) is 50.7 cm³/mol. The molecule has 1 aromatic rings. The lowest BCUT2D eigenvalue weighted by Gasteiger charge is -2.02. The van der Waals surface area contributed by atoms with Crippen LogP contribution in [-0.4, -0.2) is 10.4 Å². The molecule has 0 aliphatic rings. The summed E-state index contributed by atoms with van der Waals surface area (Å²) in [5.74, 6) is 0.668. The number of halogens is 1. The van der Waals surface area contributed by atoms with Crippen LogP contribution < -0.4 is 5.56 Å². The minimum atomic E-state index is 0.0621. The molecule has 0 unspecified atom stereocenters. The zero-order valence-electron chi connectivity index (χ0n) is 6.87.